The van der Waals surface area contributed by atoms with Crippen LogP contribution in [0, 0.1) is 13.8 Å². The zero-order valence-corrected chi connectivity index (χ0v) is 12.4. The number of ether oxygens (including phenoxy) is 1. The number of anilines is 1. The fraction of sp³-hybridized carbons (Fsp3) is 0.714. The normalized spacial score (nSPS) is 30.7. The molecule has 3 heterocycles. The molecule has 0 bridgehead atoms. The molecular formula is C14H21N3OS. The lowest BCUT2D eigenvalue weighted by Crippen LogP contribution is -2.44. The van der Waals surface area contributed by atoms with Gasteiger partial charge in [-0.05, 0) is 44.9 Å². The van der Waals surface area contributed by atoms with Crippen LogP contribution >= 0.6 is 11.8 Å². The Labute approximate surface area is 118 Å². The maximum Gasteiger partial charge on any atom is 0.223 e. The standard InChI is InChI=1S/C14H21N3OS/c1-10-7-11(2)16-13(15-10)17-12-3-5-18-14(8-12)4-6-19-9-14/h7,12H,3-6,8-9H2,1-2H3,(H,15,16,17)/t12-,14-/m0/s1. The summed E-state index contributed by atoms with van der Waals surface area (Å²) in [4.78, 5) is 8.95. The second-order valence-corrected chi connectivity index (χ2v) is 6.75. The maximum atomic E-state index is 6.04. The summed E-state index contributed by atoms with van der Waals surface area (Å²) >= 11 is 2.01. The summed E-state index contributed by atoms with van der Waals surface area (Å²) in [5.41, 5.74) is 2.15. The van der Waals surface area contributed by atoms with Crippen molar-refractivity contribution in [3.05, 3.63) is 17.5 Å². The molecule has 1 aromatic heterocycles. The first kappa shape index (κ1) is 13.2. The Hall–Kier alpha value is -0.810. The van der Waals surface area contributed by atoms with E-state index in [9.17, 15) is 0 Å². The number of aryl methyl sites for hydroxylation is 2. The second-order valence-electron chi connectivity index (χ2n) is 5.64. The van der Waals surface area contributed by atoms with Gasteiger partial charge in [-0.2, -0.15) is 11.8 Å². The average Bonchev–Trinajstić information content (AvgIpc) is 2.76. The zero-order valence-electron chi connectivity index (χ0n) is 11.6. The molecule has 1 aromatic rings. The molecule has 3 rings (SSSR count). The Bertz CT molecular complexity index is 440. The van der Waals surface area contributed by atoms with Crippen LogP contribution in [0.25, 0.3) is 0 Å². The van der Waals surface area contributed by atoms with Crippen molar-refractivity contribution in [2.75, 3.05) is 23.4 Å². The van der Waals surface area contributed by atoms with Crippen molar-refractivity contribution in [2.24, 2.45) is 0 Å². The molecular weight excluding hydrogens is 258 g/mol. The van der Waals surface area contributed by atoms with E-state index in [4.69, 9.17) is 4.74 Å². The van der Waals surface area contributed by atoms with Crippen molar-refractivity contribution in [3.8, 4) is 0 Å². The lowest BCUT2D eigenvalue weighted by Gasteiger charge is -2.38. The number of thioether (sulfide) groups is 1. The van der Waals surface area contributed by atoms with E-state index in [0.717, 1.165) is 42.5 Å². The van der Waals surface area contributed by atoms with E-state index in [1.54, 1.807) is 0 Å². The largest absolute Gasteiger partial charge is 0.374 e. The third-order valence-electron chi connectivity index (χ3n) is 3.88. The third kappa shape index (κ3) is 3.03. The lowest BCUT2D eigenvalue weighted by atomic mass is 9.90. The van der Waals surface area contributed by atoms with Crippen LogP contribution in [0.5, 0.6) is 0 Å². The van der Waals surface area contributed by atoms with Gasteiger partial charge < -0.3 is 10.1 Å². The highest BCUT2D eigenvalue weighted by Crippen LogP contribution is 2.38. The minimum absolute atomic E-state index is 0.111. The first-order valence-corrected chi connectivity index (χ1v) is 8.11. The molecule has 1 spiro atoms. The minimum atomic E-state index is 0.111. The van der Waals surface area contributed by atoms with Crippen molar-refractivity contribution in [2.45, 2.75) is 44.8 Å². The van der Waals surface area contributed by atoms with E-state index < -0.39 is 0 Å². The van der Waals surface area contributed by atoms with Crippen LogP contribution in [0.3, 0.4) is 0 Å². The van der Waals surface area contributed by atoms with Crippen LogP contribution in [-0.4, -0.2) is 39.7 Å². The quantitative estimate of drug-likeness (QED) is 0.901. The Morgan fingerprint density at radius 3 is 2.84 bits per heavy atom. The van der Waals surface area contributed by atoms with Crippen LogP contribution in [0.15, 0.2) is 6.07 Å². The fourth-order valence-electron chi connectivity index (χ4n) is 2.99. The van der Waals surface area contributed by atoms with Gasteiger partial charge in [0, 0.05) is 29.8 Å². The molecule has 2 fully saturated rings. The summed E-state index contributed by atoms with van der Waals surface area (Å²) in [5, 5.41) is 3.50. The van der Waals surface area contributed by atoms with E-state index in [0.29, 0.717) is 6.04 Å². The van der Waals surface area contributed by atoms with Gasteiger partial charge in [0.1, 0.15) is 0 Å². The molecule has 2 aliphatic rings. The van der Waals surface area contributed by atoms with Gasteiger partial charge in [-0.25, -0.2) is 9.97 Å². The molecule has 0 radical (unpaired) electrons. The molecule has 2 saturated heterocycles. The van der Waals surface area contributed by atoms with Crippen molar-refractivity contribution in [3.63, 3.8) is 0 Å². The van der Waals surface area contributed by atoms with E-state index in [1.807, 2.05) is 31.7 Å². The Kier molecular flexibility index (Phi) is 3.67. The van der Waals surface area contributed by atoms with Gasteiger partial charge in [0.25, 0.3) is 0 Å². The van der Waals surface area contributed by atoms with Crippen LogP contribution in [0.4, 0.5) is 5.95 Å². The molecule has 4 nitrogen and oxygen atoms in total. The number of rotatable bonds is 2. The number of nitrogens with one attached hydrogen (secondary N) is 1. The topological polar surface area (TPSA) is 47.0 Å². The molecule has 0 amide bonds. The SMILES string of the molecule is Cc1cc(C)nc(N[C@H]2CCO[C@@]3(CCSC3)C2)n1. The fourth-order valence-corrected chi connectivity index (χ4v) is 4.37. The van der Waals surface area contributed by atoms with Crippen LogP contribution in [-0.2, 0) is 4.74 Å². The molecule has 0 aliphatic carbocycles. The van der Waals surface area contributed by atoms with Crippen LogP contribution < -0.4 is 5.32 Å². The number of hydrogen-bond donors (Lipinski definition) is 1. The molecule has 1 N–H and O–H groups in total. The molecule has 19 heavy (non-hydrogen) atoms. The summed E-state index contributed by atoms with van der Waals surface area (Å²) in [6.45, 7) is 4.88. The summed E-state index contributed by atoms with van der Waals surface area (Å²) < 4.78 is 6.04. The van der Waals surface area contributed by atoms with Crippen molar-refractivity contribution < 1.29 is 4.74 Å². The Morgan fingerprint density at radius 1 is 1.37 bits per heavy atom. The summed E-state index contributed by atoms with van der Waals surface area (Å²) in [6.07, 6.45) is 3.31. The molecule has 2 atom stereocenters. The highest BCUT2D eigenvalue weighted by molar-refractivity contribution is 7.99. The number of aromatic nitrogens is 2. The van der Waals surface area contributed by atoms with Gasteiger partial charge in [-0.15, -0.1) is 0 Å². The maximum absolute atomic E-state index is 6.04. The van der Waals surface area contributed by atoms with Crippen molar-refractivity contribution in [1.29, 1.82) is 0 Å². The highest BCUT2D eigenvalue weighted by Gasteiger charge is 2.40. The van der Waals surface area contributed by atoms with Gasteiger partial charge in [0.05, 0.1) is 5.60 Å². The predicted molar refractivity (Wildman–Crippen MR) is 78.8 cm³/mol. The van der Waals surface area contributed by atoms with Crippen LogP contribution in [0.1, 0.15) is 30.7 Å². The van der Waals surface area contributed by atoms with E-state index in [-0.39, 0.29) is 5.60 Å². The minimum Gasteiger partial charge on any atom is -0.374 e. The first-order valence-electron chi connectivity index (χ1n) is 6.96. The third-order valence-corrected chi connectivity index (χ3v) is 5.10. The molecule has 104 valence electrons. The molecule has 5 heteroatoms. The zero-order chi connectivity index (χ0) is 13.3. The highest BCUT2D eigenvalue weighted by atomic mass is 32.2. The van der Waals surface area contributed by atoms with Gasteiger partial charge >= 0.3 is 0 Å². The smallest absolute Gasteiger partial charge is 0.223 e. The molecule has 0 saturated carbocycles. The molecule has 2 aliphatic heterocycles. The van der Waals surface area contributed by atoms with Gasteiger partial charge in [-0.1, -0.05) is 0 Å². The van der Waals surface area contributed by atoms with Gasteiger partial charge in [-0.3, -0.25) is 0 Å². The lowest BCUT2D eigenvalue weighted by molar-refractivity contribution is -0.0628. The predicted octanol–water partition coefficient (Wildman–Crippen LogP) is 2.56. The van der Waals surface area contributed by atoms with E-state index >= 15 is 0 Å². The van der Waals surface area contributed by atoms with E-state index in [2.05, 4.69) is 15.3 Å². The average molecular weight is 279 g/mol. The second kappa shape index (κ2) is 5.29. The van der Waals surface area contributed by atoms with E-state index in [1.165, 1.54) is 12.2 Å². The van der Waals surface area contributed by atoms with Gasteiger partial charge in [0.15, 0.2) is 0 Å². The summed E-state index contributed by atoms with van der Waals surface area (Å²) in [7, 11) is 0. The Balaban J connectivity index is 1.69. The molecule has 0 unspecified atom stereocenters. The molecule has 0 aromatic carbocycles. The number of nitrogens with zero attached hydrogens (tertiary/aromatic N) is 2. The number of hydrogen-bond acceptors (Lipinski definition) is 5. The van der Waals surface area contributed by atoms with Crippen LogP contribution in [0.2, 0.25) is 0 Å². The van der Waals surface area contributed by atoms with Crippen molar-refractivity contribution >= 4 is 17.7 Å². The summed E-state index contributed by atoms with van der Waals surface area (Å²) in [5.74, 6) is 3.14. The van der Waals surface area contributed by atoms with Crippen molar-refractivity contribution in [1.82, 2.24) is 9.97 Å². The first-order chi connectivity index (χ1) is 9.15. The Morgan fingerprint density at radius 2 is 2.16 bits per heavy atom. The summed E-state index contributed by atoms with van der Waals surface area (Å²) in [6, 6.07) is 2.44. The monoisotopic (exact) mass is 279 g/mol. The van der Waals surface area contributed by atoms with Gasteiger partial charge in [0.2, 0.25) is 5.95 Å².